The van der Waals surface area contributed by atoms with Crippen LogP contribution in [-0.4, -0.2) is 26.3 Å². The third kappa shape index (κ3) is 4.43. The van der Waals surface area contributed by atoms with Crippen LogP contribution in [0.5, 0.6) is 0 Å². The van der Waals surface area contributed by atoms with Crippen LogP contribution in [0.25, 0.3) is 0 Å². The maximum atomic E-state index is 12.7. The Bertz CT molecular complexity index is 1070. The highest BCUT2D eigenvalue weighted by atomic mass is 32.2. The van der Waals surface area contributed by atoms with Gasteiger partial charge in [0, 0.05) is 17.5 Å². The summed E-state index contributed by atoms with van der Waals surface area (Å²) in [5, 5.41) is 1.97. The lowest BCUT2D eigenvalue weighted by Crippen LogP contribution is -2.25. The quantitative estimate of drug-likeness (QED) is 0.648. The van der Waals surface area contributed by atoms with E-state index in [4.69, 9.17) is 0 Å². The van der Waals surface area contributed by atoms with Crippen molar-refractivity contribution >= 4 is 33.0 Å². The predicted molar refractivity (Wildman–Crippen MR) is 113 cm³/mol. The molecule has 28 heavy (non-hydrogen) atoms. The number of nitrogens with zero attached hydrogens (tertiary/aromatic N) is 1. The van der Waals surface area contributed by atoms with E-state index in [0.717, 1.165) is 16.0 Å². The average molecular weight is 415 g/mol. The van der Waals surface area contributed by atoms with Crippen molar-refractivity contribution in [3.8, 4) is 0 Å². The Morgan fingerprint density at radius 2 is 1.75 bits per heavy atom. The molecule has 1 aromatic heterocycles. The number of hydrogen-bond acceptors (Lipinski definition) is 4. The largest absolute Gasteiger partial charge is 0.337 e. The van der Waals surface area contributed by atoms with E-state index in [1.807, 2.05) is 43.5 Å². The molecule has 1 amide bonds. The number of hydrogen-bond donors (Lipinski definition) is 1. The molecule has 3 aromatic rings. The lowest BCUT2D eigenvalue weighted by Gasteiger charge is -2.17. The van der Waals surface area contributed by atoms with Gasteiger partial charge in [-0.3, -0.25) is 9.52 Å². The van der Waals surface area contributed by atoms with Crippen molar-refractivity contribution in [3.05, 3.63) is 81.5 Å². The predicted octanol–water partition coefficient (Wildman–Crippen LogP) is 4.44. The summed E-state index contributed by atoms with van der Waals surface area (Å²) in [5.41, 5.74) is 2.89. The Hall–Kier alpha value is -2.64. The molecule has 7 heteroatoms. The second kappa shape index (κ2) is 8.16. The van der Waals surface area contributed by atoms with Crippen molar-refractivity contribution < 1.29 is 13.2 Å². The van der Waals surface area contributed by atoms with Gasteiger partial charge in [-0.05, 0) is 66.8 Å². The van der Waals surface area contributed by atoms with Crippen molar-refractivity contribution in [1.82, 2.24) is 4.90 Å². The molecule has 2 aromatic carbocycles. The van der Waals surface area contributed by atoms with E-state index < -0.39 is 10.0 Å². The molecule has 146 valence electrons. The van der Waals surface area contributed by atoms with Crippen molar-refractivity contribution in [2.45, 2.75) is 25.3 Å². The van der Waals surface area contributed by atoms with E-state index in [1.54, 1.807) is 41.5 Å². The molecular formula is C21H22N2O3S2. The highest BCUT2D eigenvalue weighted by Crippen LogP contribution is 2.22. The van der Waals surface area contributed by atoms with Gasteiger partial charge in [-0.1, -0.05) is 18.2 Å². The number of amides is 1. The molecule has 1 N–H and O–H groups in total. The van der Waals surface area contributed by atoms with E-state index in [2.05, 4.69) is 4.72 Å². The summed E-state index contributed by atoms with van der Waals surface area (Å²) >= 11 is 1.59. The molecule has 3 rings (SSSR count). The molecule has 0 saturated carbocycles. The number of benzene rings is 2. The fourth-order valence-electron chi connectivity index (χ4n) is 2.77. The molecule has 0 spiro atoms. The van der Waals surface area contributed by atoms with Crippen molar-refractivity contribution in [3.63, 3.8) is 0 Å². The Morgan fingerprint density at radius 3 is 2.39 bits per heavy atom. The molecule has 0 aliphatic rings. The third-order valence-electron chi connectivity index (χ3n) is 4.58. The summed E-state index contributed by atoms with van der Waals surface area (Å²) in [4.78, 5) is 15.4. The van der Waals surface area contributed by atoms with Crippen LogP contribution in [-0.2, 0) is 16.6 Å². The average Bonchev–Trinajstić information content (AvgIpc) is 3.18. The van der Waals surface area contributed by atoms with Crippen LogP contribution in [0, 0.1) is 13.8 Å². The van der Waals surface area contributed by atoms with Gasteiger partial charge < -0.3 is 4.90 Å². The molecule has 0 aliphatic carbocycles. The van der Waals surface area contributed by atoms with Gasteiger partial charge in [0.2, 0.25) is 0 Å². The van der Waals surface area contributed by atoms with E-state index in [0.29, 0.717) is 17.8 Å². The van der Waals surface area contributed by atoms with Crippen molar-refractivity contribution in [1.29, 1.82) is 0 Å². The van der Waals surface area contributed by atoms with Crippen LogP contribution in [0.3, 0.4) is 0 Å². The number of aryl methyl sites for hydroxylation is 1. The normalized spacial score (nSPS) is 11.2. The fourth-order valence-corrected chi connectivity index (χ4v) is 4.65. The van der Waals surface area contributed by atoms with Gasteiger partial charge >= 0.3 is 0 Å². The fraction of sp³-hybridized carbons (Fsp3) is 0.190. The van der Waals surface area contributed by atoms with E-state index in [1.165, 1.54) is 12.1 Å². The van der Waals surface area contributed by atoms with Gasteiger partial charge in [-0.2, -0.15) is 0 Å². The van der Waals surface area contributed by atoms with Crippen LogP contribution in [0.4, 0.5) is 5.69 Å². The lowest BCUT2D eigenvalue weighted by atomic mass is 10.1. The molecule has 0 radical (unpaired) electrons. The summed E-state index contributed by atoms with van der Waals surface area (Å²) in [6.07, 6.45) is 0. The molecular weight excluding hydrogens is 392 g/mol. The van der Waals surface area contributed by atoms with E-state index in [-0.39, 0.29) is 10.8 Å². The maximum absolute atomic E-state index is 12.7. The third-order valence-corrected chi connectivity index (χ3v) is 6.82. The number of anilines is 1. The zero-order valence-electron chi connectivity index (χ0n) is 16.0. The van der Waals surface area contributed by atoms with Gasteiger partial charge in [-0.25, -0.2) is 8.42 Å². The number of carbonyl (C=O) groups excluding carboxylic acids is 1. The minimum atomic E-state index is -3.73. The first kappa shape index (κ1) is 20.1. The van der Waals surface area contributed by atoms with Crippen LogP contribution >= 0.6 is 11.3 Å². The van der Waals surface area contributed by atoms with Gasteiger partial charge in [0.1, 0.15) is 0 Å². The standard InChI is InChI=1S/C21H22N2O3S2/c1-15-6-4-8-20(16(15)2)22-28(25,26)19-11-9-17(10-12-19)21(24)23(3)14-18-7-5-13-27-18/h4-13,22H,14H2,1-3H3. The Kier molecular flexibility index (Phi) is 5.86. The molecule has 0 aliphatic heterocycles. The Morgan fingerprint density at radius 1 is 1.04 bits per heavy atom. The first-order valence-corrected chi connectivity index (χ1v) is 11.1. The van der Waals surface area contributed by atoms with E-state index in [9.17, 15) is 13.2 Å². The van der Waals surface area contributed by atoms with Crippen molar-refractivity contribution in [2.24, 2.45) is 0 Å². The molecule has 0 fully saturated rings. The Labute approximate surface area is 169 Å². The van der Waals surface area contributed by atoms with Crippen LogP contribution in [0.15, 0.2) is 64.9 Å². The number of sulfonamides is 1. The van der Waals surface area contributed by atoms with Gasteiger partial charge in [0.25, 0.3) is 15.9 Å². The minimum absolute atomic E-state index is 0.117. The van der Waals surface area contributed by atoms with Gasteiger partial charge in [0.05, 0.1) is 17.1 Å². The topological polar surface area (TPSA) is 66.5 Å². The monoisotopic (exact) mass is 414 g/mol. The second-order valence-electron chi connectivity index (χ2n) is 6.62. The number of nitrogens with one attached hydrogen (secondary N) is 1. The molecule has 0 saturated heterocycles. The number of thiophene rings is 1. The summed E-state index contributed by atoms with van der Waals surface area (Å²) in [7, 11) is -2.00. The number of rotatable bonds is 6. The molecule has 1 heterocycles. The molecule has 0 bridgehead atoms. The summed E-state index contributed by atoms with van der Waals surface area (Å²) in [6.45, 7) is 4.32. The summed E-state index contributed by atoms with van der Waals surface area (Å²) in [5.74, 6) is -0.153. The van der Waals surface area contributed by atoms with Crippen molar-refractivity contribution in [2.75, 3.05) is 11.8 Å². The second-order valence-corrected chi connectivity index (χ2v) is 9.33. The van der Waals surface area contributed by atoms with Crippen LogP contribution in [0.1, 0.15) is 26.4 Å². The highest BCUT2D eigenvalue weighted by Gasteiger charge is 2.18. The molecule has 5 nitrogen and oxygen atoms in total. The number of carbonyl (C=O) groups is 1. The van der Waals surface area contributed by atoms with Crippen LogP contribution < -0.4 is 4.72 Å². The summed E-state index contributed by atoms with van der Waals surface area (Å²) in [6, 6.07) is 15.4. The summed E-state index contributed by atoms with van der Waals surface area (Å²) < 4.78 is 28.0. The minimum Gasteiger partial charge on any atom is -0.337 e. The zero-order chi connectivity index (χ0) is 20.3. The maximum Gasteiger partial charge on any atom is 0.261 e. The Balaban J connectivity index is 1.75. The highest BCUT2D eigenvalue weighted by molar-refractivity contribution is 7.92. The van der Waals surface area contributed by atoms with E-state index >= 15 is 0 Å². The SMILES string of the molecule is Cc1cccc(NS(=O)(=O)c2ccc(C(=O)N(C)Cc3cccs3)cc2)c1C. The van der Waals surface area contributed by atoms with Gasteiger partial charge in [0.15, 0.2) is 0 Å². The smallest absolute Gasteiger partial charge is 0.261 e. The zero-order valence-corrected chi connectivity index (χ0v) is 17.6. The first-order chi connectivity index (χ1) is 13.3. The van der Waals surface area contributed by atoms with Gasteiger partial charge in [-0.15, -0.1) is 11.3 Å². The molecule has 0 unspecified atom stereocenters. The lowest BCUT2D eigenvalue weighted by molar-refractivity contribution is 0.0786. The van der Waals surface area contributed by atoms with Crippen LogP contribution in [0.2, 0.25) is 0 Å². The molecule has 0 atom stereocenters. The first-order valence-electron chi connectivity index (χ1n) is 8.75.